The Bertz CT molecular complexity index is 865. The van der Waals surface area contributed by atoms with Gasteiger partial charge in [-0.2, -0.15) is 16.9 Å². The number of thioether (sulfide) groups is 1. The summed E-state index contributed by atoms with van der Waals surface area (Å²) < 4.78 is 5.80. The number of benzene rings is 2. The first-order valence-electron chi connectivity index (χ1n) is 7.96. The van der Waals surface area contributed by atoms with Crippen molar-refractivity contribution in [2.75, 3.05) is 11.5 Å². The molecule has 2 aromatic carbocycles. The topological polar surface area (TPSA) is 93.8 Å². The zero-order valence-corrected chi connectivity index (χ0v) is 14.9. The summed E-state index contributed by atoms with van der Waals surface area (Å²) in [6.07, 6.45) is 1.76. The molecule has 1 fully saturated rings. The maximum Gasteiger partial charge on any atom is 0.273 e. The highest BCUT2D eigenvalue weighted by molar-refractivity contribution is 8.00. The number of amides is 1. The number of aryl methyl sites for hydroxylation is 1. The molecule has 1 N–H and O–H groups in total. The van der Waals surface area contributed by atoms with E-state index < -0.39 is 10.8 Å². The SMILES string of the molecule is Cc1ccc(C(=O)N/N=C\c2cccc(OC3CSC3)c2)cc1[N+](=O)[O-]. The van der Waals surface area contributed by atoms with Crippen LogP contribution in [0.15, 0.2) is 47.6 Å². The van der Waals surface area contributed by atoms with Gasteiger partial charge in [-0.15, -0.1) is 0 Å². The molecule has 2 aromatic rings. The molecule has 1 saturated heterocycles. The molecule has 0 radical (unpaired) electrons. The van der Waals surface area contributed by atoms with Gasteiger partial charge in [-0.25, -0.2) is 5.43 Å². The number of hydrogen-bond donors (Lipinski definition) is 1. The smallest absolute Gasteiger partial charge is 0.273 e. The summed E-state index contributed by atoms with van der Waals surface area (Å²) in [4.78, 5) is 22.6. The molecule has 26 heavy (non-hydrogen) atoms. The summed E-state index contributed by atoms with van der Waals surface area (Å²) >= 11 is 1.85. The third kappa shape index (κ3) is 4.40. The van der Waals surface area contributed by atoms with E-state index in [9.17, 15) is 14.9 Å². The van der Waals surface area contributed by atoms with Crippen LogP contribution >= 0.6 is 11.8 Å². The molecule has 0 aromatic heterocycles. The molecule has 0 unspecified atom stereocenters. The molecule has 1 aliphatic rings. The van der Waals surface area contributed by atoms with Crippen LogP contribution in [0.3, 0.4) is 0 Å². The van der Waals surface area contributed by atoms with Crippen LogP contribution in [0, 0.1) is 17.0 Å². The second kappa shape index (κ2) is 8.01. The lowest BCUT2D eigenvalue weighted by Gasteiger charge is -2.25. The van der Waals surface area contributed by atoms with Crippen LogP contribution in [0.4, 0.5) is 5.69 Å². The Kier molecular flexibility index (Phi) is 5.52. The van der Waals surface area contributed by atoms with E-state index in [4.69, 9.17) is 4.74 Å². The lowest BCUT2D eigenvalue weighted by atomic mass is 10.1. The molecule has 1 heterocycles. The normalized spacial score (nSPS) is 14.0. The molecule has 1 amide bonds. The minimum Gasteiger partial charge on any atom is -0.489 e. The average molecular weight is 371 g/mol. The molecule has 0 spiro atoms. The van der Waals surface area contributed by atoms with E-state index in [1.54, 1.807) is 6.92 Å². The minimum atomic E-state index is -0.512. The van der Waals surface area contributed by atoms with Crippen LogP contribution in [0.25, 0.3) is 0 Å². The summed E-state index contributed by atoms with van der Waals surface area (Å²) in [6.45, 7) is 1.62. The Morgan fingerprint density at radius 3 is 2.85 bits per heavy atom. The second-order valence-electron chi connectivity index (χ2n) is 5.81. The van der Waals surface area contributed by atoms with Crippen molar-refractivity contribution >= 4 is 29.6 Å². The Balaban J connectivity index is 1.63. The van der Waals surface area contributed by atoms with Gasteiger partial charge in [-0.05, 0) is 30.7 Å². The fourth-order valence-electron chi connectivity index (χ4n) is 2.32. The lowest BCUT2D eigenvalue weighted by Crippen LogP contribution is -2.31. The maximum atomic E-state index is 12.1. The van der Waals surface area contributed by atoms with Crippen molar-refractivity contribution in [3.05, 3.63) is 69.3 Å². The van der Waals surface area contributed by atoms with Crippen molar-refractivity contribution in [2.45, 2.75) is 13.0 Å². The van der Waals surface area contributed by atoms with Gasteiger partial charge in [-0.3, -0.25) is 14.9 Å². The number of rotatable bonds is 6. The van der Waals surface area contributed by atoms with Gasteiger partial charge in [0.25, 0.3) is 11.6 Å². The number of hydrogen-bond acceptors (Lipinski definition) is 6. The first-order chi connectivity index (χ1) is 12.5. The fraction of sp³-hybridized carbons (Fsp3) is 0.222. The Morgan fingerprint density at radius 1 is 1.35 bits per heavy atom. The number of nitrogens with one attached hydrogen (secondary N) is 1. The molecule has 3 rings (SSSR count). The quantitative estimate of drug-likeness (QED) is 0.478. The van der Waals surface area contributed by atoms with Crippen LogP contribution in [0.1, 0.15) is 21.5 Å². The van der Waals surface area contributed by atoms with Gasteiger partial charge in [0.2, 0.25) is 0 Å². The predicted molar refractivity (Wildman–Crippen MR) is 101 cm³/mol. The molecular formula is C18H17N3O4S. The van der Waals surface area contributed by atoms with Gasteiger partial charge < -0.3 is 4.74 Å². The number of carbonyl (C=O) groups excluding carboxylic acids is 1. The molecule has 0 bridgehead atoms. The van der Waals surface area contributed by atoms with Gasteiger partial charge in [0, 0.05) is 28.7 Å². The summed E-state index contributed by atoms with van der Waals surface area (Å²) in [5.41, 5.74) is 3.74. The summed E-state index contributed by atoms with van der Waals surface area (Å²) in [5.74, 6) is 2.25. The molecule has 7 nitrogen and oxygen atoms in total. The van der Waals surface area contributed by atoms with Crippen molar-refractivity contribution < 1.29 is 14.5 Å². The van der Waals surface area contributed by atoms with Crippen LogP contribution in [0.5, 0.6) is 5.75 Å². The molecule has 134 valence electrons. The highest BCUT2D eigenvalue weighted by Gasteiger charge is 2.19. The largest absolute Gasteiger partial charge is 0.489 e. The van der Waals surface area contributed by atoms with E-state index in [2.05, 4.69) is 10.5 Å². The highest BCUT2D eigenvalue weighted by atomic mass is 32.2. The van der Waals surface area contributed by atoms with Gasteiger partial charge in [-0.1, -0.05) is 18.2 Å². The monoisotopic (exact) mass is 371 g/mol. The van der Waals surface area contributed by atoms with E-state index >= 15 is 0 Å². The van der Waals surface area contributed by atoms with Crippen LogP contribution in [-0.4, -0.2) is 34.7 Å². The number of ether oxygens (including phenoxy) is 1. The van der Waals surface area contributed by atoms with Gasteiger partial charge in [0.1, 0.15) is 11.9 Å². The highest BCUT2D eigenvalue weighted by Crippen LogP contribution is 2.24. The average Bonchev–Trinajstić information content (AvgIpc) is 2.58. The number of nitro groups is 1. The molecule has 8 heteroatoms. The van der Waals surface area contributed by atoms with Gasteiger partial charge in [0.15, 0.2) is 0 Å². The van der Waals surface area contributed by atoms with Crippen molar-refractivity contribution in [3.63, 3.8) is 0 Å². The van der Waals surface area contributed by atoms with E-state index in [1.165, 1.54) is 24.4 Å². The molecule has 0 atom stereocenters. The third-order valence-electron chi connectivity index (χ3n) is 3.82. The summed E-state index contributed by atoms with van der Waals surface area (Å²) in [7, 11) is 0. The Morgan fingerprint density at radius 2 is 2.15 bits per heavy atom. The van der Waals surface area contributed by atoms with Crippen LogP contribution in [0.2, 0.25) is 0 Å². The maximum absolute atomic E-state index is 12.1. The van der Waals surface area contributed by atoms with Crippen LogP contribution < -0.4 is 10.2 Å². The van der Waals surface area contributed by atoms with E-state index in [-0.39, 0.29) is 17.4 Å². The summed E-state index contributed by atoms with van der Waals surface area (Å²) in [5, 5.41) is 14.9. The van der Waals surface area contributed by atoms with Crippen molar-refractivity contribution in [1.82, 2.24) is 5.43 Å². The molecular weight excluding hydrogens is 354 g/mol. The first-order valence-corrected chi connectivity index (χ1v) is 9.11. The Hall–Kier alpha value is -2.87. The number of hydrazone groups is 1. The standard InChI is InChI=1S/C18H17N3O4S/c1-12-5-6-14(8-17(12)21(23)24)18(22)20-19-9-13-3-2-4-15(7-13)25-16-10-26-11-16/h2-9,16H,10-11H2,1H3,(H,20,22)/b19-9-. The van der Waals surface area contributed by atoms with E-state index in [1.807, 2.05) is 36.0 Å². The zero-order chi connectivity index (χ0) is 18.5. The summed E-state index contributed by atoms with van der Waals surface area (Å²) in [6, 6.07) is 11.7. The van der Waals surface area contributed by atoms with Crippen molar-refractivity contribution in [3.8, 4) is 5.75 Å². The first kappa shape index (κ1) is 17.9. The van der Waals surface area contributed by atoms with E-state index in [0.29, 0.717) is 5.56 Å². The van der Waals surface area contributed by atoms with Gasteiger partial charge in [0.05, 0.1) is 11.1 Å². The Labute approximate surface area is 154 Å². The van der Waals surface area contributed by atoms with Crippen molar-refractivity contribution in [2.24, 2.45) is 5.10 Å². The number of nitro benzene ring substituents is 1. The third-order valence-corrected chi connectivity index (χ3v) is 5.03. The molecule has 0 saturated carbocycles. The zero-order valence-electron chi connectivity index (χ0n) is 14.0. The van der Waals surface area contributed by atoms with Crippen molar-refractivity contribution in [1.29, 1.82) is 0 Å². The lowest BCUT2D eigenvalue weighted by molar-refractivity contribution is -0.385. The molecule has 1 aliphatic heterocycles. The second-order valence-corrected chi connectivity index (χ2v) is 6.88. The number of nitrogens with zero attached hydrogens (tertiary/aromatic N) is 2. The van der Waals surface area contributed by atoms with E-state index in [0.717, 1.165) is 22.8 Å². The number of carbonyl (C=O) groups is 1. The minimum absolute atomic E-state index is 0.0966. The predicted octanol–water partition coefficient (Wildman–Crippen LogP) is 3.16. The molecule has 0 aliphatic carbocycles. The van der Waals surface area contributed by atoms with Crippen LogP contribution in [-0.2, 0) is 0 Å². The van der Waals surface area contributed by atoms with Gasteiger partial charge >= 0.3 is 0 Å². The fourth-order valence-corrected chi connectivity index (χ4v) is 2.88.